The van der Waals surface area contributed by atoms with E-state index in [4.69, 9.17) is 0 Å². The lowest BCUT2D eigenvalue weighted by Gasteiger charge is -2.35. The quantitative estimate of drug-likeness (QED) is 0.502. The largest absolute Gasteiger partial charge is 0.370 e. The smallest absolute Gasteiger partial charge is 0.264 e. The number of benzene rings is 2. The third-order valence-corrected chi connectivity index (χ3v) is 10.3. The zero-order valence-corrected chi connectivity index (χ0v) is 21.8. The fourth-order valence-electron chi connectivity index (χ4n) is 5.63. The van der Waals surface area contributed by atoms with Gasteiger partial charge in [-0.25, -0.2) is 8.42 Å². The summed E-state index contributed by atoms with van der Waals surface area (Å²) in [6.45, 7) is 1.32. The molecule has 2 aromatic carbocycles. The Kier molecular flexibility index (Phi) is 6.03. The molecule has 0 aliphatic carbocycles. The molecule has 2 fully saturated rings. The molecule has 3 amide bonds. The molecule has 4 heterocycles. The molecule has 2 atom stereocenters. The molecule has 37 heavy (non-hydrogen) atoms. The van der Waals surface area contributed by atoms with Crippen LogP contribution in [-0.2, 0) is 21.2 Å². The van der Waals surface area contributed by atoms with Crippen LogP contribution in [-0.4, -0.2) is 61.7 Å². The fourth-order valence-corrected chi connectivity index (χ4v) is 8.36. The van der Waals surface area contributed by atoms with Crippen LogP contribution in [0.15, 0.2) is 48.5 Å². The van der Waals surface area contributed by atoms with Gasteiger partial charge in [-0.15, -0.1) is 11.3 Å². The number of fused-ring (bicyclic) bond motifs is 2. The van der Waals surface area contributed by atoms with Crippen LogP contribution in [0.3, 0.4) is 0 Å². The summed E-state index contributed by atoms with van der Waals surface area (Å²) >= 11 is 1.58. The van der Waals surface area contributed by atoms with Crippen LogP contribution < -0.4 is 10.2 Å². The minimum Gasteiger partial charge on any atom is -0.370 e. The highest BCUT2D eigenvalue weighted by Crippen LogP contribution is 2.36. The number of piperidine rings is 1. The number of thiophene rings is 1. The zero-order chi connectivity index (χ0) is 25.7. The van der Waals surface area contributed by atoms with Crippen molar-refractivity contribution in [3.8, 4) is 0 Å². The van der Waals surface area contributed by atoms with Crippen LogP contribution in [0.1, 0.15) is 44.9 Å². The predicted molar refractivity (Wildman–Crippen MR) is 143 cm³/mol. The Balaban J connectivity index is 1.20. The highest BCUT2D eigenvalue weighted by Gasteiger charge is 2.40. The van der Waals surface area contributed by atoms with Gasteiger partial charge < -0.3 is 10.2 Å². The molecule has 1 N–H and O–H groups in total. The monoisotopic (exact) mass is 537 g/mol. The van der Waals surface area contributed by atoms with Crippen LogP contribution in [0, 0.1) is 5.92 Å². The minimum absolute atomic E-state index is 0.00633. The highest BCUT2D eigenvalue weighted by molar-refractivity contribution is 7.91. The maximum absolute atomic E-state index is 13.5. The van der Waals surface area contributed by atoms with Gasteiger partial charge in [-0.05, 0) is 48.9 Å². The molecular formula is C27H27N3O5S2. The number of imide groups is 1. The Hall–Kier alpha value is -3.24. The zero-order valence-electron chi connectivity index (χ0n) is 20.2. The minimum atomic E-state index is -3.08. The van der Waals surface area contributed by atoms with Crippen LogP contribution in [0.4, 0.5) is 5.69 Å². The summed E-state index contributed by atoms with van der Waals surface area (Å²) in [4.78, 5) is 44.0. The summed E-state index contributed by atoms with van der Waals surface area (Å²) in [5.41, 5.74) is 1.47. The molecule has 3 aromatic rings. The number of carbonyl (C=O) groups is 3. The summed E-state index contributed by atoms with van der Waals surface area (Å²) in [5.74, 6) is -0.959. The number of nitrogens with zero attached hydrogens (tertiary/aromatic N) is 2. The van der Waals surface area contributed by atoms with Gasteiger partial charge in [0.15, 0.2) is 9.84 Å². The molecule has 6 rings (SSSR count). The van der Waals surface area contributed by atoms with E-state index in [1.54, 1.807) is 23.5 Å². The maximum Gasteiger partial charge on any atom is 0.264 e. The molecule has 2 saturated heterocycles. The fraction of sp³-hybridized carbons (Fsp3) is 0.370. The Labute approximate surface area is 219 Å². The van der Waals surface area contributed by atoms with E-state index in [0.29, 0.717) is 42.7 Å². The summed E-state index contributed by atoms with van der Waals surface area (Å²) in [7, 11) is -3.08. The van der Waals surface area contributed by atoms with Gasteiger partial charge in [0.2, 0.25) is 5.91 Å². The number of amides is 3. The number of carbonyl (C=O) groups excluding carboxylic acids is 3. The average molecular weight is 538 g/mol. The summed E-state index contributed by atoms with van der Waals surface area (Å²) in [5, 5.41) is 4.01. The van der Waals surface area contributed by atoms with E-state index >= 15 is 0 Å². The van der Waals surface area contributed by atoms with Gasteiger partial charge in [0.1, 0.15) is 0 Å². The molecule has 3 aliphatic rings. The van der Waals surface area contributed by atoms with Crippen LogP contribution in [0.5, 0.6) is 0 Å². The first-order valence-corrected chi connectivity index (χ1v) is 15.2. The first-order chi connectivity index (χ1) is 17.8. The molecule has 0 spiro atoms. The number of anilines is 1. The van der Waals surface area contributed by atoms with E-state index in [9.17, 15) is 22.8 Å². The molecule has 1 aromatic heterocycles. The molecule has 8 nitrogen and oxygen atoms in total. The van der Waals surface area contributed by atoms with E-state index < -0.39 is 9.84 Å². The Morgan fingerprint density at radius 3 is 2.68 bits per heavy atom. The predicted octanol–water partition coefficient (Wildman–Crippen LogP) is 3.22. The lowest BCUT2D eigenvalue weighted by atomic mass is 9.95. The second-order valence-electron chi connectivity index (χ2n) is 10.0. The first kappa shape index (κ1) is 24.1. The third-order valence-electron chi connectivity index (χ3n) is 7.48. The van der Waals surface area contributed by atoms with Crippen LogP contribution in [0.25, 0.3) is 10.1 Å². The molecule has 0 saturated carbocycles. The summed E-state index contributed by atoms with van der Waals surface area (Å²) in [6.07, 6.45) is 1.91. The van der Waals surface area contributed by atoms with Gasteiger partial charge in [-0.3, -0.25) is 19.3 Å². The molecule has 3 aliphatic heterocycles. The molecule has 0 bridgehead atoms. The average Bonchev–Trinajstić information content (AvgIpc) is 3.53. The van der Waals surface area contributed by atoms with E-state index in [1.165, 1.54) is 4.90 Å². The van der Waals surface area contributed by atoms with Crippen molar-refractivity contribution in [2.75, 3.05) is 29.5 Å². The van der Waals surface area contributed by atoms with Crippen molar-refractivity contribution in [1.29, 1.82) is 0 Å². The van der Waals surface area contributed by atoms with Gasteiger partial charge in [-0.1, -0.05) is 24.3 Å². The first-order valence-electron chi connectivity index (χ1n) is 12.5. The third kappa shape index (κ3) is 4.53. The Bertz CT molecular complexity index is 1500. The van der Waals surface area contributed by atoms with Crippen molar-refractivity contribution in [3.05, 3.63) is 64.5 Å². The SMILES string of the molecule is O=C(N[C@@H]1CCS(=O)(=O)C1)[C@@H]1CCCN(c2cccc3c2C(=O)N(Cc2cc4ccccc4s2)C3=O)C1. The van der Waals surface area contributed by atoms with Crippen molar-refractivity contribution in [2.24, 2.45) is 5.92 Å². The second-order valence-corrected chi connectivity index (χ2v) is 13.4. The van der Waals surface area contributed by atoms with E-state index in [-0.39, 0.29) is 47.7 Å². The number of nitrogens with one attached hydrogen (secondary N) is 1. The van der Waals surface area contributed by atoms with E-state index in [2.05, 4.69) is 5.32 Å². The van der Waals surface area contributed by atoms with Gasteiger partial charge in [0.05, 0.1) is 40.8 Å². The van der Waals surface area contributed by atoms with Crippen LogP contribution in [0.2, 0.25) is 0 Å². The van der Waals surface area contributed by atoms with Crippen molar-refractivity contribution < 1.29 is 22.8 Å². The van der Waals surface area contributed by atoms with E-state index in [1.807, 2.05) is 41.3 Å². The Morgan fingerprint density at radius 1 is 1.05 bits per heavy atom. The van der Waals surface area contributed by atoms with Crippen molar-refractivity contribution in [1.82, 2.24) is 10.2 Å². The second kappa shape index (κ2) is 9.25. The van der Waals surface area contributed by atoms with Gasteiger partial charge in [-0.2, -0.15) is 0 Å². The highest BCUT2D eigenvalue weighted by atomic mass is 32.2. The van der Waals surface area contributed by atoms with Gasteiger partial charge in [0.25, 0.3) is 11.8 Å². The number of sulfone groups is 1. The molecule has 0 unspecified atom stereocenters. The lowest BCUT2D eigenvalue weighted by molar-refractivity contribution is -0.125. The standard InChI is InChI=1S/C27H27N3O5S2/c31-25(28-19-10-12-37(34,35)16-19)18-6-4-11-29(14-18)22-8-3-7-21-24(22)27(33)30(26(21)32)15-20-13-17-5-1-2-9-23(17)36-20/h1-3,5,7-9,13,18-19H,4,6,10-12,14-16H2,(H,28,31)/t18-,19-/m1/s1. The molecule has 10 heteroatoms. The molecule has 0 radical (unpaired) electrons. The maximum atomic E-state index is 13.5. The topological polar surface area (TPSA) is 104 Å². The van der Waals surface area contributed by atoms with Crippen molar-refractivity contribution in [3.63, 3.8) is 0 Å². The molecular weight excluding hydrogens is 510 g/mol. The van der Waals surface area contributed by atoms with Gasteiger partial charge >= 0.3 is 0 Å². The number of hydrogen-bond acceptors (Lipinski definition) is 7. The Morgan fingerprint density at radius 2 is 1.89 bits per heavy atom. The summed E-state index contributed by atoms with van der Waals surface area (Å²) < 4.78 is 24.6. The van der Waals surface area contributed by atoms with Crippen molar-refractivity contribution in [2.45, 2.75) is 31.8 Å². The number of rotatable bonds is 5. The number of hydrogen-bond donors (Lipinski definition) is 1. The molecule has 192 valence electrons. The lowest BCUT2D eigenvalue weighted by Crippen LogP contribution is -2.46. The van der Waals surface area contributed by atoms with E-state index in [0.717, 1.165) is 21.4 Å². The van der Waals surface area contributed by atoms with Crippen LogP contribution >= 0.6 is 11.3 Å². The van der Waals surface area contributed by atoms with Gasteiger partial charge in [0, 0.05) is 28.7 Å². The summed E-state index contributed by atoms with van der Waals surface area (Å²) in [6, 6.07) is 15.0. The van der Waals surface area contributed by atoms with Crippen molar-refractivity contribution >= 4 is 54.7 Å². The normalized spacial score (nSPS) is 23.0.